The summed E-state index contributed by atoms with van der Waals surface area (Å²) in [6, 6.07) is 2.67. The van der Waals surface area contributed by atoms with Crippen molar-refractivity contribution in [3.05, 3.63) is 20.8 Å². The molecule has 1 atom stereocenters. The molecule has 0 saturated carbocycles. The second kappa shape index (κ2) is 7.46. The summed E-state index contributed by atoms with van der Waals surface area (Å²) in [6.45, 7) is 7.80. The maximum Gasteiger partial charge on any atom is 0.0428 e. The Morgan fingerprint density at radius 1 is 1.31 bits per heavy atom. The molecule has 1 aromatic rings. The van der Waals surface area contributed by atoms with E-state index >= 15 is 0 Å². The zero-order valence-corrected chi connectivity index (χ0v) is 12.8. The predicted molar refractivity (Wildman–Crippen MR) is 77.1 cm³/mol. The maximum absolute atomic E-state index is 3.64. The van der Waals surface area contributed by atoms with Crippen LogP contribution in [0.3, 0.4) is 0 Å². The third-order valence-electron chi connectivity index (χ3n) is 3.14. The molecular weight excluding hydrogens is 282 g/mol. The Morgan fingerprint density at radius 2 is 2.00 bits per heavy atom. The number of thiophene rings is 1. The fourth-order valence-electron chi connectivity index (χ4n) is 2.04. The van der Waals surface area contributed by atoms with E-state index in [1.165, 1.54) is 28.6 Å². The van der Waals surface area contributed by atoms with Crippen molar-refractivity contribution < 1.29 is 0 Å². The van der Waals surface area contributed by atoms with Crippen molar-refractivity contribution in [3.8, 4) is 0 Å². The average molecular weight is 304 g/mol. The number of hydrogen-bond donors (Lipinski definition) is 1. The summed E-state index contributed by atoms with van der Waals surface area (Å²) in [6.07, 6.45) is 3.81. The van der Waals surface area contributed by atoms with Gasteiger partial charge in [-0.2, -0.15) is 0 Å². The van der Waals surface area contributed by atoms with Gasteiger partial charge in [-0.15, -0.1) is 11.3 Å². The second-order valence-electron chi connectivity index (χ2n) is 4.16. The standard InChI is InChI=1S/C13H22BrNS/c1-4-10(5-2)9-12(15-6-3)13-11(14)7-8-16-13/h7-8,10,12,15H,4-6,9H2,1-3H3. The van der Waals surface area contributed by atoms with Crippen LogP contribution in [0.2, 0.25) is 0 Å². The summed E-state index contributed by atoms with van der Waals surface area (Å²) in [5.74, 6) is 0.832. The highest BCUT2D eigenvalue weighted by molar-refractivity contribution is 9.10. The molecule has 92 valence electrons. The lowest BCUT2D eigenvalue weighted by atomic mass is 9.94. The van der Waals surface area contributed by atoms with Crippen molar-refractivity contribution in [1.29, 1.82) is 0 Å². The van der Waals surface area contributed by atoms with Gasteiger partial charge in [0.05, 0.1) is 0 Å². The molecule has 0 saturated heterocycles. The van der Waals surface area contributed by atoms with Crippen molar-refractivity contribution in [1.82, 2.24) is 5.32 Å². The van der Waals surface area contributed by atoms with Gasteiger partial charge in [0, 0.05) is 15.4 Å². The minimum Gasteiger partial charge on any atom is -0.309 e. The second-order valence-corrected chi connectivity index (χ2v) is 5.96. The van der Waals surface area contributed by atoms with Gasteiger partial charge in [-0.25, -0.2) is 0 Å². The zero-order chi connectivity index (χ0) is 12.0. The molecule has 0 aromatic carbocycles. The fraction of sp³-hybridized carbons (Fsp3) is 0.692. The van der Waals surface area contributed by atoms with Gasteiger partial charge in [0.2, 0.25) is 0 Å². The largest absolute Gasteiger partial charge is 0.309 e. The molecule has 0 aliphatic rings. The monoisotopic (exact) mass is 303 g/mol. The SMILES string of the molecule is CCNC(CC(CC)CC)c1sccc1Br. The first kappa shape index (κ1) is 14.2. The minimum atomic E-state index is 0.518. The number of hydrogen-bond acceptors (Lipinski definition) is 2. The molecular formula is C13H22BrNS. The van der Waals surface area contributed by atoms with E-state index in [0.717, 1.165) is 12.5 Å². The fourth-order valence-corrected chi connectivity index (χ4v) is 3.78. The molecule has 1 nitrogen and oxygen atoms in total. The molecule has 1 unspecified atom stereocenters. The Kier molecular flexibility index (Phi) is 6.62. The van der Waals surface area contributed by atoms with E-state index in [4.69, 9.17) is 0 Å². The van der Waals surface area contributed by atoms with E-state index in [9.17, 15) is 0 Å². The van der Waals surface area contributed by atoms with Crippen LogP contribution in [-0.4, -0.2) is 6.54 Å². The van der Waals surface area contributed by atoms with Gasteiger partial charge in [0.25, 0.3) is 0 Å². The molecule has 16 heavy (non-hydrogen) atoms. The Morgan fingerprint density at radius 3 is 2.44 bits per heavy atom. The van der Waals surface area contributed by atoms with Crippen molar-refractivity contribution in [2.45, 2.75) is 46.1 Å². The highest BCUT2D eigenvalue weighted by Gasteiger charge is 2.18. The van der Waals surface area contributed by atoms with E-state index in [1.54, 1.807) is 0 Å². The quantitative estimate of drug-likeness (QED) is 0.748. The Balaban J connectivity index is 2.71. The molecule has 1 aromatic heterocycles. The predicted octanol–water partition coefficient (Wildman–Crippen LogP) is 4.99. The van der Waals surface area contributed by atoms with Gasteiger partial charge < -0.3 is 5.32 Å². The van der Waals surface area contributed by atoms with E-state index in [2.05, 4.69) is 53.5 Å². The Bertz CT molecular complexity index is 294. The van der Waals surface area contributed by atoms with Crippen molar-refractivity contribution in [2.75, 3.05) is 6.54 Å². The van der Waals surface area contributed by atoms with Crippen molar-refractivity contribution in [3.63, 3.8) is 0 Å². The van der Waals surface area contributed by atoms with Crippen LogP contribution in [0.25, 0.3) is 0 Å². The molecule has 0 aliphatic heterocycles. The average Bonchev–Trinajstić information content (AvgIpc) is 2.71. The van der Waals surface area contributed by atoms with E-state index in [0.29, 0.717) is 6.04 Å². The maximum atomic E-state index is 3.64. The molecule has 0 aliphatic carbocycles. The first-order chi connectivity index (χ1) is 7.72. The van der Waals surface area contributed by atoms with Crippen LogP contribution in [0.1, 0.15) is 51.0 Å². The van der Waals surface area contributed by atoms with E-state index in [1.807, 2.05) is 11.3 Å². The highest BCUT2D eigenvalue weighted by atomic mass is 79.9. The molecule has 0 amide bonds. The van der Waals surface area contributed by atoms with Gasteiger partial charge in [-0.05, 0) is 46.3 Å². The van der Waals surface area contributed by atoms with Crippen LogP contribution in [-0.2, 0) is 0 Å². The van der Waals surface area contributed by atoms with Crippen LogP contribution < -0.4 is 5.32 Å². The van der Waals surface area contributed by atoms with Crippen LogP contribution in [0.5, 0.6) is 0 Å². The number of rotatable bonds is 7. The van der Waals surface area contributed by atoms with Gasteiger partial charge >= 0.3 is 0 Å². The van der Waals surface area contributed by atoms with Gasteiger partial charge in [0.1, 0.15) is 0 Å². The summed E-state index contributed by atoms with van der Waals surface area (Å²) in [5.41, 5.74) is 0. The summed E-state index contributed by atoms with van der Waals surface area (Å²) in [7, 11) is 0. The Labute approximate surface area is 112 Å². The molecule has 0 fully saturated rings. The van der Waals surface area contributed by atoms with Crippen LogP contribution >= 0.6 is 27.3 Å². The van der Waals surface area contributed by atoms with Crippen LogP contribution in [0, 0.1) is 5.92 Å². The van der Waals surface area contributed by atoms with Crippen LogP contribution in [0.15, 0.2) is 15.9 Å². The molecule has 0 radical (unpaired) electrons. The molecule has 0 bridgehead atoms. The van der Waals surface area contributed by atoms with Gasteiger partial charge in [-0.3, -0.25) is 0 Å². The Hall–Kier alpha value is 0.140. The summed E-state index contributed by atoms with van der Waals surface area (Å²) >= 11 is 5.49. The third-order valence-corrected chi connectivity index (χ3v) is 5.12. The number of nitrogens with one attached hydrogen (secondary N) is 1. The first-order valence-corrected chi connectivity index (χ1v) is 7.86. The number of halogens is 1. The van der Waals surface area contributed by atoms with Gasteiger partial charge in [-0.1, -0.05) is 33.6 Å². The lowest BCUT2D eigenvalue weighted by Crippen LogP contribution is -2.22. The summed E-state index contributed by atoms with van der Waals surface area (Å²) < 4.78 is 1.26. The molecule has 1 heterocycles. The first-order valence-electron chi connectivity index (χ1n) is 6.19. The van der Waals surface area contributed by atoms with Crippen molar-refractivity contribution >= 4 is 27.3 Å². The van der Waals surface area contributed by atoms with Gasteiger partial charge in [0.15, 0.2) is 0 Å². The molecule has 1 N–H and O–H groups in total. The lowest BCUT2D eigenvalue weighted by Gasteiger charge is -2.22. The topological polar surface area (TPSA) is 12.0 Å². The molecule has 3 heteroatoms. The molecule has 0 spiro atoms. The minimum absolute atomic E-state index is 0.518. The third kappa shape index (κ3) is 3.86. The lowest BCUT2D eigenvalue weighted by molar-refractivity contribution is 0.378. The molecule has 1 rings (SSSR count). The van der Waals surface area contributed by atoms with Crippen LogP contribution in [0.4, 0.5) is 0 Å². The zero-order valence-electron chi connectivity index (χ0n) is 10.4. The van der Waals surface area contributed by atoms with E-state index < -0.39 is 0 Å². The van der Waals surface area contributed by atoms with E-state index in [-0.39, 0.29) is 0 Å². The smallest absolute Gasteiger partial charge is 0.0428 e. The normalized spacial score (nSPS) is 13.3. The summed E-state index contributed by atoms with van der Waals surface area (Å²) in [4.78, 5) is 1.45. The van der Waals surface area contributed by atoms with Crippen molar-refractivity contribution in [2.24, 2.45) is 5.92 Å². The highest BCUT2D eigenvalue weighted by Crippen LogP contribution is 2.33. The summed E-state index contributed by atoms with van der Waals surface area (Å²) in [5, 5.41) is 5.77.